The van der Waals surface area contributed by atoms with Crippen molar-refractivity contribution in [1.29, 1.82) is 0 Å². The molecule has 2 amide bonds. The van der Waals surface area contributed by atoms with Crippen LogP contribution in [0, 0.1) is 0 Å². The highest BCUT2D eigenvalue weighted by molar-refractivity contribution is 5.75. The summed E-state index contributed by atoms with van der Waals surface area (Å²) in [5.41, 5.74) is 1.81. The molecule has 2 aromatic rings. The standard InChI is InChI=1S/C20H26N2O3/c1-14(2)25-18-11-7-10-17(12-18)15(3)21-20(24)22-19(13-23)16-8-5-4-6-9-16/h4-12,14-15,19,23H,13H2,1-3H3,(H2,21,22,24). The van der Waals surface area contributed by atoms with E-state index in [1.54, 1.807) is 0 Å². The number of urea groups is 1. The van der Waals surface area contributed by atoms with Crippen molar-refractivity contribution in [3.63, 3.8) is 0 Å². The van der Waals surface area contributed by atoms with Crippen LogP contribution in [0.5, 0.6) is 5.75 Å². The van der Waals surface area contributed by atoms with E-state index in [0.29, 0.717) is 0 Å². The van der Waals surface area contributed by atoms with Crippen molar-refractivity contribution in [3.05, 3.63) is 65.7 Å². The fourth-order valence-electron chi connectivity index (χ4n) is 2.53. The zero-order valence-corrected chi connectivity index (χ0v) is 14.9. The van der Waals surface area contributed by atoms with Crippen LogP contribution in [0.25, 0.3) is 0 Å². The zero-order valence-electron chi connectivity index (χ0n) is 14.9. The molecule has 2 rings (SSSR count). The second-order valence-corrected chi connectivity index (χ2v) is 6.22. The van der Waals surface area contributed by atoms with Gasteiger partial charge in [0.05, 0.1) is 24.8 Å². The number of benzene rings is 2. The number of amides is 2. The quantitative estimate of drug-likeness (QED) is 0.720. The summed E-state index contributed by atoms with van der Waals surface area (Å²) in [6.45, 7) is 5.69. The van der Waals surface area contributed by atoms with Crippen LogP contribution in [0.2, 0.25) is 0 Å². The van der Waals surface area contributed by atoms with E-state index in [2.05, 4.69) is 10.6 Å². The maximum Gasteiger partial charge on any atom is 0.315 e. The molecule has 5 heteroatoms. The SMILES string of the molecule is CC(C)Oc1cccc(C(C)NC(=O)NC(CO)c2ccccc2)c1. The summed E-state index contributed by atoms with van der Waals surface area (Å²) < 4.78 is 5.69. The van der Waals surface area contributed by atoms with Crippen molar-refractivity contribution in [2.75, 3.05) is 6.61 Å². The molecule has 0 bridgehead atoms. The van der Waals surface area contributed by atoms with Gasteiger partial charge in [0.2, 0.25) is 0 Å². The van der Waals surface area contributed by atoms with Gasteiger partial charge >= 0.3 is 6.03 Å². The molecule has 5 nitrogen and oxygen atoms in total. The average molecular weight is 342 g/mol. The van der Waals surface area contributed by atoms with E-state index in [4.69, 9.17) is 4.74 Å². The molecule has 0 spiro atoms. The third-order valence-corrected chi connectivity index (χ3v) is 3.77. The summed E-state index contributed by atoms with van der Waals surface area (Å²) in [7, 11) is 0. The van der Waals surface area contributed by atoms with Crippen molar-refractivity contribution < 1.29 is 14.6 Å². The van der Waals surface area contributed by atoms with Crippen molar-refractivity contribution in [3.8, 4) is 5.75 Å². The minimum absolute atomic E-state index is 0.0954. The number of carbonyl (C=O) groups excluding carboxylic acids is 1. The molecule has 0 aliphatic carbocycles. The maximum absolute atomic E-state index is 12.3. The Morgan fingerprint density at radius 3 is 2.32 bits per heavy atom. The molecule has 0 aliphatic rings. The van der Waals surface area contributed by atoms with Crippen LogP contribution >= 0.6 is 0 Å². The van der Waals surface area contributed by atoms with Crippen LogP contribution in [0.1, 0.15) is 44.0 Å². The van der Waals surface area contributed by atoms with Gasteiger partial charge in [-0.3, -0.25) is 0 Å². The topological polar surface area (TPSA) is 70.6 Å². The third kappa shape index (κ3) is 5.80. The van der Waals surface area contributed by atoms with Crippen molar-refractivity contribution in [2.24, 2.45) is 0 Å². The maximum atomic E-state index is 12.3. The van der Waals surface area contributed by atoms with E-state index < -0.39 is 6.04 Å². The first-order chi connectivity index (χ1) is 12.0. The number of carbonyl (C=O) groups is 1. The van der Waals surface area contributed by atoms with Crippen LogP contribution in [0.4, 0.5) is 4.79 Å². The average Bonchev–Trinajstić information content (AvgIpc) is 2.60. The molecule has 0 saturated heterocycles. The Balaban J connectivity index is 1.97. The molecule has 2 aromatic carbocycles. The number of hydrogen-bond acceptors (Lipinski definition) is 3. The number of hydrogen-bond donors (Lipinski definition) is 3. The summed E-state index contributed by atoms with van der Waals surface area (Å²) >= 11 is 0. The molecule has 0 aromatic heterocycles. The largest absolute Gasteiger partial charge is 0.491 e. The molecule has 0 radical (unpaired) electrons. The van der Waals surface area contributed by atoms with Crippen LogP contribution in [0.3, 0.4) is 0 Å². The fourth-order valence-corrected chi connectivity index (χ4v) is 2.53. The summed E-state index contributed by atoms with van der Waals surface area (Å²) in [5.74, 6) is 0.777. The predicted octanol–water partition coefficient (Wildman–Crippen LogP) is 3.57. The zero-order chi connectivity index (χ0) is 18.2. The van der Waals surface area contributed by atoms with Crippen LogP contribution < -0.4 is 15.4 Å². The Morgan fingerprint density at radius 2 is 1.68 bits per heavy atom. The first kappa shape index (κ1) is 18.8. The fraction of sp³-hybridized carbons (Fsp3) is 0.350. The van der Waals surface area contributed by atoms with Crippen molar-refractivity contribution in [1.82, 2.24) is 10.6 Å². The van der Waals surface area contributed by atoms with Gasteiger partial charge in [0, 0.05) is 0 Å². The van der Waals surface area contributed by atoms with E-state index in [0.717, 1.165) is 16.9 Å². The predicted molar refractivity (Wildman–Crippen MR) is 98.6 cm³/mol. The monoisotopic (exact) mass is 342 g/mol. The van der Waals surface area contributed by atoms with Gasteiger partial charge in [0.25, 0.3) is 0 Å². The van der Waals surface area contributed by atoms with Gasteiger partial charge in [-0.1, -0.05) is 42.5 Å². The van der Waals surface area contributed by atoms with Crippen molar-refractivity contribution in [2.45, 2.75) is 39.0 Å². The summed E-state index contributed by atoms with van der Waals surface area (Å²) in [6, 6.07) is 16.1. The van der Waals surface area contributed by atoms with Gasteiger partial charge in [-0.15, -0.1) is 0 Å². The first-order valence-electron chi connectivity index (χ1n) is 8.49. The molecule has 25 heavy (non-hydrogen) atoms. The Hall–Kier alpha value is -2.53. The highest BCUT2D eigenvalue weighted by Gasteiger charge is 2.16. The Morgan fingerprint density at radius 1 is 1.00 bits per heavy atom. The molecule has 0 aliphatic heterocycles. The molecule has 0 saturated carbocycles. The Kier molecular flexibility index (Phi) is 6.83. The lowest BCUT2D eigenvalue weighted by Gasteiger charge is -2.20. The van der Waals surface area contributed by atoms with Gasteiger partial charge in [-0.25, -0.2) is 4.79 Å². The van der Waals surface area contributed by atoms with E-state index in [1.165, 1.54) is 0 Å². The molecular formula is C20H26N2O3. The molecule has 134 valence electrons. The number of aliphatic hydroxyl groups is 1. The lowest BCUT2D eigenvalue weighted by Crippen LogP contribution is -2.40. The number of nitrogens with one attached hydrogen (secondary N) is 2. The van der Waals surface area contributed by atoms with E-state index >= 15 is 0 Å². The smallest absolute Gasteiger partial charge is 0.315 e. The highest BCUT2D eigenvalue weighted by atomic mass is 16.5. The Labute approximate surface area is 149 Å². The number of rotatable bonds is 7. The van der Waals surface area contributed by atoms with Gasteiger partial charge in [-0.05, 0) is 44.0 Å². The summed E-state index contributed by atoms with van der Waals surface area (Å²) in [4.78, 5) is 12.3. The van der Waals surface area contributed by atoms with Crippen LogP contribution in [-0.2, 0) is 0 Å². The summed E-state index contributed by atoms with van der Waals surface area (Å²) in [5, 5.41) is 15.2. The minimum Gasteiger partial charge on any atom is -0.491 e. The van der Waals surface area contributed by atoms with E-state index in [-0.39, 0.29) is 24.8 Å². The minimum atomic E-state index is -0.441. The molecule has 3 N–H and O–H groups in total. The van der Waals surface area contributed by atoms with Crippen molar-refractivity contribution >= 4 is 6.03 Å². The van der Waals surface area contributed by atoms with E-state index in [9.17, 15) is 9.90 Å². The number of ether oxygens (including phenoxy) is 1. The molecule has 2 unspecified atom stereocenters. The van der Waals surface area contributed by atoms with Gasteiger partial charge in [-0.2, -0.15) is 0 Å². The third-order valence-electron chi connectivity index (χ3n) is 3.77. The lowest BCUT2D eigenvalue weighted by molar-refractivity contribution is 0.214. The molecule has 0 heterocycles. The number of aliphatic hydroxyl groups excluding tert-OH is 1. The van der Waals surface area contributed by atoms with Crippen LogP contribution in [0.15, 0.2) is 54.6 Å². The van der Waals surface area contributed by atoms with E-state index in [1.807, 2.05) is 75.4 Å². The van der Waals surface area contributed by atoms with Crippen LogP contribution in [-0.4, -0.2) is 23.8 Å². The second kappa shape index (κ2) is 9.08. The molecule has 0 fully saturated rings. The van der Waals surface area contributed by atoms with Gasteiger partial charge in [0.1, 0.15) is 5.75 Å². The second-order valence-electron chi connectivity index (χ2n) is 6.22. The van der Waals surface area contributed by atoms with Gasteiger partial charge < -0.3 is 20.5 Å². The highest BCUT2D eigenvalue weighted by Crippen LogP contribution is 2.20. The lowest BCUT2D eigenvalue weighted by atomic mass is 10.1. The normalized spacial score (nSPS) is 13.2. The Bertz CT molecular complexity index is 674. The molecule has 2 atom stereocenters. The van der Waals surface area contributed by atoms with Gasteiger partial charge in [0.15, 0.2) is 0 Å². The first-order valence-corrected chi connectivity index (χ1v) is 8.49. The molecular weight excluding hydrogens is 316 g/mol. The summed E-state index contributed by atoms with van der Waals surface area (Å²) in [6.07, 6.45) is 0.0954.